The molecule has 0 aliphatic heterocycles. The Morgan fingerprint density at radius 2 is 1.76 bits per heavy atom. The van der Waals surface area contributed by atoms with E-state index >= 15 is 0 Å². The maximum atomic E-state index is 13.3. The number of aromatic nitrogens is 5. The first-order chi connectivity index (χ1) is 18.1. The third-order valence-electron chi connectivity index (χ3n) is 8.52. The average molecular weight is 497 g/mol. The van der Waals surface area contributed by atoms with Gasteiger partial charge in [0.15, 0.2) is 5.82 Å². The molecule has 0 bridgehead atoms. The van der Waals surface area contributed by atoms with E-state index in [1.54, 1.807) is 0 Å². The van der Waals surface area contributed by atoms with Crippen LogP contribution in [0.1, 0.15) is 86.3 Å². The molecule has 2 aliphatic rings. The van der Waals surface area contributed by atoms with Crippen LogP contribution in [-0.2, 0) is 18.6 Å². The minimum Gasteiger partial charge on any atom is -0.322 e. The van der Waals surface area contributed by atoms with Gasteiger partial charge < -0.3 is 4.98 Å². The number of benzene rings is 2. The molecule has 192 valence electrons. The van der Waals surface area contributed by atoms with Gasteiger partial charge in [-0.3, -0.25) is 9.69 Å². The highest BCUT2D eigenvalue weighted by Crippen LogP contribution is 2.44. The van der Waals surface area contributed by atoms with Crippen molar-refractivity contribution in [2.45, 2.75) is 89.4 Å². The minimum atomic E-state index is -0.311. The van der Waals surface area contributed by atoms with E-state index in [0.717, 1.165) is 67.4 Å². The molecule has 0 amide bonds. The molecule has 2 aromatic carbocycles. The van der Waals surface area contributed by atoms with Crippen molar-refractivity contribution < 1.29 is 0 Å². The smallest absolute Gasteiger partial charge is 0.252 e. The summed E-state index contributed by atoms with van der Waals surface area (Å²) in [6, 6.07) is 19.2. The number of pyridine rings is 1. The SMILES string of the molecule is Cc1ccc2[nH]c(=O)c(CN(Cc3ccccc3)C3(c4nnnn4C4CCCC4)CCCCC3)cc2c1. The van der Waals surface area contributed by atoms with Gasteiger partial charge in [0.1, 0.15) is 0 Å². The molecule has 2 heterocycles. The lowest BCUT2D eigenvalue weighted by atomic mass is 9.78. The number of rotatable bonds is 7. The monoisotopic (exact) mass is 496 g/mol. The van der Waals surface area contributed by atoms with E-state index in [0.29, 0.717) is 12.6 Å². The van der Waals surface area contributed by atoms with Gasteiger partial charge in [-0.15, -0.1) is 5.10 Å². The maximum absolute atomic E-state index is 13.3. The number of aromatic amines is 1. The Bertz CT molecular complexity index is 1410. The zero-order chi connectivity index (χ0) is 25.2. The van der Waals surface area contributed by atoms with Gasteiger partial charge in [-0.05, 0) is 72.2 Å². The van der Waals surface area contributed by atoms with Gasteiger partial charge in [0, 0.05) is 24.2 Å². The summed E-state index contributed by atoms with van der Waals surface area (Å²) in [5, 5.41) is 14.6. The molecule has 4 aromatic rings. The van der Waals surface area contributed by atoms with Crippen LogP contribution in [-0.4, -0.2) is 30.1 Å². The Kier molecular flexibility index (Phi) is 6.63. The van der Waals surface area contributed by atoms with Crippen LogP contribution < -0.4 is 5.56 Å². The Hall–Kier alpha value is -3.32. The summed E-state index contributed by atoms with van der Waals surface area (Å²) in [6.07, 6.45) is 10.2. The van der Waals surface area contributed by atoms with Crippen molar-refractivity contribution in [2.75, 3.05) is 0 Å². The molecule has 0 unspecified atom stereocenters. The van der Waals surface area contributed by atoms with Crippen LogP contribution in [0, 0.1) is 6.92 Å². The fourth-order valence-corrected chi connectivity index (χ4v) is 6.57. The van der Waals surface area contributed by atoms with Crippen molar-refractivity contribution in [1.82, 2.24) is 30.1 Å². The molecule has 2 aromatic heterocycles. The first kappa shape index (κ1) is 24.0. The molecule has 0 radical (unpaired) electrons. The zero-order valence-corrected chi connectivity index (χ0v) is 21.7. The summed E-state index contributed by atoms with van der Waals surface area (Å²) in [5.41, 5.74) is 3.77. The van der Waals surface area contributed by atoms with Crippen molar-refractivity contribution in [3.63, 3.8) is 0 Å². The van der Waals surface area contributed by atoms with Crippen LogP contribution in [0.15, 0.2) is 59.4 Å². The average Bonchev–Trinajstić information content (AvgIpc) is 3.62. The van der Waals surface area contributed by atoms with Gasteiger partial charge >= 0.3 is 0 Å². The van der Waals surface area contributed by atoms with E-state index in [1.807, 2.05) is 12.1 Å². The molecule has 7 heteroatoms. The summed E-state index contributed by atoms with van der Waals surface area (Å²) in [7, 11) is 0. The molecule has 0 spiro atoms. The van der Waals surface area contributed by atoms with Gasteiger partial charge in [0.25, 0.3) is 5.56 Å². The van der Waals surface area contributed by atoms with Crippen LogP contribution in [0.4, 0.5) is 0 Å². The van der Waals surface area contributed by atoms with Gasteiger partial charge in [-0.2, -0.15) is 0 Å². The molecular formula is C30H36N6O. The molecule has 2 aliphatic carbocycles. The first-order valence-corrected chi connectivity index (χ1v) is 13.8. The molecule has 2 fully saturated rings. The second kappa shape index (κ2) is 10.2. The quantitative estimate of drug-likeness (QED) is 0.350. The molecule has 37 heavy (non-hydrogen) atoms. The number of aryl methyl sites for hydroxylation is 1. The van der Waals surface area contributed by atoms with Crippen LogP contribution >= 0.6 is 0 Å². The van der Waals surface area contributed by atoms with Crippen LogP contribution in [0.25, 0.3) is 10.9 Å². The number of hydrogen-bond acceptors (Lipinski definition) is 5. The fourth-order valence-electron chi connectivity index (χ4n) is 6.57. The molecular weight excluding hydrogens is 460 g/mol. The van der Waals surface area contributed by atoms with Gasteiger partial charge in [-0.1, -0.05) is 74.1 Å². The normalized spacial score (nSPS) is 18.1. The van der Waals surface area contributed by atoms with Crippen molar-refractivity contribution >= 4 is 10.9 Å². The minimum absolute atomic E-state index is 0.0178. The van der Waals surface area contributed by atoms with E-state index in [9.17, 15) is 4.79 Å². The highest BCUT2D eigenvalue weighted by molar-refractivity contribution is 5.79. The number of tetrazole rings is 1. The number of nitrogens with zero attached hydrogens (tertiary/aromatic N) is 5. The molecule has 7 nitrogen and oxygen atoms in total. The third kappa shape index (κ3) is 4.73. The summed E-state index contributed by atoms with van der Waals surface area (Å²) < 4.78 is 2.14. The number of nitrogens with one attached hydrogen (secondary N) is 1. The van der Waals surface area contributed by atoms with Gasteiger partial charge in [0.2, 0.25) is 0 Å². The Morgan fingerprint density at radius 1 is 0.973 bits per heavy atom. The standard InChI is InChI=1S/C30H36N6O/c1-22-14-15-27-24(18-22)19-25(28(37)31-27)21-35(20-23-10-4-2-5-11-23)30(16-8-3-9-17-30)29-32-33-34-36(29)26-12-6-7-13-26/h2,4-5,10-11,14-15,18-19,26H,3,6-9,12-13,16-17,20-21H2,1H3,(H,31,37). The lowest BCUT2D eigenvalue weighted by molar-refractivity contribution is 0.0182. The van der Waals surface area contributed by atoms with Crippen LogP contribution in [0.2, 0.25) is 0 Å². The second-order valence-electron chi connectivity index (χ2n) is 11.0. The van der Waals surface area contributed by atoms with E-state index in [-0.39, 0.29) is 11.1 Å². The lowest BCUT2D eigenvalue weighted by Crippen LogP contribution is -2.49. The fraction of sp³-hybridized carbons (Fsp3) is 0.467. The molecule has 2 saturated carbocycles. The highest BCUT2D eigenvalue weighted by Gasteiger charge is 2.45. The van der Waals surface area contributed by atoms with E-state index < -0.39 is 0 Å². The summed E-state index contributed by atoms with van der Waals surface area (Å²) in [6.45, 7) is 3.38. The third-order valence-corrected chi connectivity index (χ3v) is 8.52. The van der Waals surface area contributed by atoms with Gasteiger partial charge in [0.05, 0.1) is 11.6 Å². The van der Waals surface area contributed by atoms with E-state index in [4.69, 9.17) is 5.10 Å². The second-order valence-corrected chi connectivity index (χ2v) is 11.0. The first-order valence-electron chi connectivity index (χ1n) is 13.8. The summed E-state index contributed by atoms with van der Waals surface area (Å²) in [4.78, 5) is 19.0. The topological polar surface area (TPSA) is 79.7 Å². The largest absolute Gasteiger partial charge is 0.322 e. The van der Waals surface area contributed by atoms with Crippen LogP contribution in [0.3, 0.4) is 0 Å². The van der Waals surface area contributed by atoms with E-state index in [1.165, 1.54) is 30.4 Å². The molecule has 1 N–H and O–H groups in total. The number of fused-ring (bicyclic) bond motifs is 1. The van der Waals surface area contributed by atoms with Crippen molar-refractivity contribution in [2.24, 2.45) is 0 Å². The lowest BCUT2D eigenvalue weighted by Gasteiger charge is -2.46. The van der Waals surface area contributed by atoms with Crippen LogP contribution in [0.5, 0.6) is 0 Å². The Labute approximate surface area is 217 Å². The highest BCUT2D eigenvalue weighted by atomic mass is 16.1. The predicted octanol–water partition coefficient (Wildman–Crippen LogP) is 5.80. The van der Waals surface area contributed by atoms with Gasteiger partial charge in [-0.25, -0.2) is 4.68 Å². The van der Waals surface area contributed by atoms with Crippen molar-refractivity contribution in [3.05, 3.63) is 87.5 Å². The molecule has 0 atom stereocenters. The summed E-state index contributed by atoms with van der Waals surface area (Å²) >= 11 is 0. The summed E-state index contributed by atoms with van der Waals surface area (Å²) in [5.74, 6) is 0.989. The zero-order valence-electron chi connectivity index (χ0n) is 21.7. The van der Waals surface area contributed by atoms with E-state index in [2.05, 4.69) is 74.4 Å². The Balaban J connectivity index is 1.46. The maximum Gasteiger partial charge on any atom is 0.252 e. The molecule has 0 saturated heterocycles. The van der Waals surface area contributed by atoms with Crippen molar-refractivity contribution in [1.29, 1.82) is 0 Å². The number of hydrogen-bond donors (Lipinski definition) is 1. The predicted molar refractivity (Wildman–Crippen MR) is 145 cm³/mol. The Morgan fingerprint density at radius 3 is 2.54 bits per heavy atom. The number of H-pyrrole nitrogens is 1. The van der Waals surface area contributed by atoms with Crippen molar-refractivity contribution in [3.8, 4) is 0 Å². The molecule has 6 rings (SSSR count).